The van der Waals surface area contributed by atoms with E-state index in [1.807, 2.05) is 13.8 Å². The Morgan fingerprint density at radius 1 is 1.29 bits per heavy atom. The summed E-state index contributed by atoms with van der Waals surface area (Å²) < 4.78 is 22.6. The van der Waals surface area contributed by atoms with E-state index in [0.717, 1.165) is 6.42 Å². The molecule has 0 saturated carbocycles. The van der Waals surface area contributed by atoms with Gasteiger partial charge in [-0.05, 0) is 26.8 Å². The predicted molar refractivity (Wildman–Crippen MR) is 80.6 cm³/mol. The molecular weight excluding hydrogens is 294 g/mol. The maximum atomic E-state index is 11.8. The Morgan fingerprint density at radius 2 is 1.90 bits per heavy atom. The van der Waals surface area contributed by atoms with E-state index in [0.29, 0.717) is 6.42 Å². The van der Waals surface area contributed by atoms with Gasteiger partial charge in [-0.15, -0.1) is 0 Å². The maximum Gasteiger partial charge on any atom is 0.234 e. The summed E-state index contributed by atoms with van der Waals surface area (Å²) in [5.74, 6) is -0.235. The Kier molecular flexibility index (Phi) is 6.60. The molecule has 0 spiro atoms. The molecule has 7 nitrogen and oxygen atoms in total. The number of nitrogens with zero attached hydrogens (tertiary/aromatic N) is 1. The van der Waals surface area contributed by atoms with Crippen LogP contribution in [-0.4, -0.2) is 68.9 Å². The minimum atomic E-state index is -3.00. The van der Waals surface area contributed by atoms with E-state index in [1.165, 1.54) is 0 Å². The summed E-state index contributed by atoms with van der Waals surface area (Å²) in [5, 5.41) is 5.53. The Hall–Kier alpha value is -1.15. The number of sulfone groups is 1. The van der Waals surface area contributed by atoms with Crippen LogP contribution in [0.15, 0.2) is 0 Å². The fourth-order valence-electron chi connectivity index (χ4n) is 2.15. The third-order valence-corrected chi connectivity index (χ3v) is 5.21. The van der Waals surface area contributed by atoms with Gasteiger partial charge in [0.25, 0.3) is 0 Å². The van der Waals surface area contributed by atoms with E-state index < -0.39 is 9.84 Å². The van der Waals surface area contributed by atoms with Crippen molar-refractivity contribution in [3.05, 3.63) is 0 Å². The Morgan fingerprint density at radius 3 is 2.43 bits per heavy atom. The molecule has 2 amide bonds. The summed E-state index contributed by atoms with van der Waals surface area (Å²) in [5.41, 5.74) is 0. The molecule has 0 aromatic rings. The van der Waals surface area contributed by atoms with Crippen LogP contribution in [0.1, 0.15) is 26.7 Å². The van der Waals surface area contributed by atoms with Gasteiger partial charge < -0.3 is 10.6 Å². The Balaban J connectivity index is 2.29. The van der Waals surface area contributed by atoms with Crippen molar-refractivity contribution in [2.24, 2.45) is 0 Å². The third kappa shape index (κ3) is 6.90. The highest BCUT2D eigenvalue weighted by atomic mass is 32.2. The first kappa shape index (κ1) is 17.9. The lowest BCUT2D eigenvalue weighted by atomic mass is 10.2. The van der Waals surface area contributed by atoms with Gasteiger partial charge in [0.05, 0.1) is 24.6 Å². The number of likely N-dealkylation sites (N-methyl/N-ethyl adjacent to an activating group) is 1. The summed E-state index contributed by atoms with van der Waals surface area (Å²) in [7, 11) is -1.32. The van der Waals surface area contributed by atoms with Crippen LogP contribution in [0.5, 0.6) is 0 Å². The van der Waals surface area contributed by atoms with Crippen molar-refractivity contribution in [1.29, 1.82) is 0 Å². The minimum Gasteiger partial charge on any atom is -0.353 e. The largest absolute Gasteiger partial charge is 0.353 e. The summed E-state index contributed by atoms with van der Waals surface area (Å²) in [4.78, 5) is 25.1. The zero-order chi connectivity index (χ0) is 16.0. The number of hydrogen-bond acceptors (Lipinski definition) is 5. The lowest BCUT2D eigenvalue weighted by Crippen LogP contribution is -2.45. The van der Waals surface area contributed by atoms with Crippen LogP contribution in [0.2, 0.25) is 0 Å². The number of amides is 2. The SMILES string of the molecule is CC[C@@H](C)NC(=O)CN(C)CC(=O)N[C@@H]1CCS(=O)(=O)C1. The molecule has 0 aromatic heterocycles. The second kappa shape index (κ2) is 7.74. The molecule has 0 radical (unpaired) electrons. The highest BCUT2D eigenvalue weighted by Gasteiger charge is 2.29. The molecule has 0 aliphatic carbocycles. The highest BCUT2D eigenvalue weighted by molar-refractivity contribution is 7.91. The second-order valence-corrected chi connectivity index (χ2v) is 7.95. The topological polar surface area (TPSA) is 95.6 Å². The quantitative estimate of drug-likeness (QED) is 0.636. The minimum absolute atomic E-state index is 0.0109. The predicted octanol–water partition coefficient (Wildman–Crippen LogP) is -0.864. The molecule has 1 rings (SSSR count). The van der Waals surface area contributed by atoms with Crippen molar-refractivity contribution in [3.63, 3.8) is 0 Å². The van der Waals surface area contributed by atoms with Crippen LogP contribution >= 0.6 is 0 Å². The number of hydrogen-bond donors (Lipinski definition) is 2. The van der Waals surface area contributed by atoms with Gasteiger partial charge in [-0.25, -0.2) is 8.42 Å². The van der Waals surface area contributed by atoms with Crippen LogP contribution in [0, 0.1) is 0 Å². The Bertz CT molecular complexity index is 478. The van der Waals surface area contributed by atoms with Crippen molar-refractivity contribution in [3.8, 4) is 0 Å². The van der Waals surface area contributed by atoms with Gasteiger partial charge in [-0.3, -0.25) is 14.5 Å². The van der Waals surface area contributed by atoms with Crippen molar-refractivity contribution in [1.82, 2.24) is 15.5 Å². The fourth-order valence-corrected chi connectivity index (χ4v) is 3.82. The molecular formula is C13H25N3O4S. The lowest BCUT2D eigenvalue weighted by Gasteiger charge is -2.19. The van der Waals surface area contributed by atoms with E-state index in [1.54, 1.807) is 11.9 Å². The fraction of sp³-hybridized carbons (Fsp3) is 0.846. The molecule has 1 fully saturated rings. The van der Waals surface area contributed by atoms with Gasteiger partial charge in [-0.1, -0.05) is 6.92 Å². The zero-order valence-corrected chi connectivity index (χ0v) is 13.7. The lowest BCUT2D eigenvalue weighted by molar-refractivity contribution is -0.125. The van der Waals surface area contributed by atoms with Crippen LogP contribution in [0.25, 0.3) is 0 Å². The van der Waals surface area contributed by atoms with Crippen LogP contribution in [0.3, 0.4) is 0 Å². The van der Waals surface area contributed by atoms with E-state index in [9.17, 15) is 18.0 Å². The average Bonchev–Trinajstić information content (AvgIpc) is 2.67. The first-order valence-electron chi connectivity index (χ1n) is 7.19. The molecule has 21 heavy (non-hydrogen) atoms. The van der Waals surface area contributed by atoms with Crippen molar-refractivity contribution < 1.29 is 18.0 Å². The summed E-state index contributed by atoms with van der Waals surface area (Å²) in [6.45, 7) is 4.12. The first-order chi connectivity index (χ1) is 9.71. The van der Waals surface area contributed by atoms with Crippen molar-refractivity contribution in [2.75, 3.05) is 31.6 Å². The van der Waals surface area contributed by atoms with Gasteiger partial charge >= 0.3 is 0 Å². The molecule has 0 bridgehead atoms. The zero-order valence-electron chi connectivity index (χ0n) is 12.9. The average molecular weight is 319 g/mol. The summed E-state index contributed by atoms with van der Waals surface area (Å²) >= 11 is 0. The monoisotopic (exact) mass is 319 g/mol. The van der Waals surface area contributed by atoms with Crippen molar-refractivity contribution >= 4 is 21.7 Å². The van der Waals surface area contributed by atoms with E-state index in [4.69, 9.17) is 0 Å². The standard InChI is InChI=1S/C13H25N3O4S/c1-4-10(2)14-12(17)7-16(3)8-13(18)15-11-5-6-21(19,20)9-11/h10-11H,4-9H2,1-3H3,(H,14,17)(H,15,18)/t10-,11-/m1/s1. The first-order valence-corrected chi connectivity index (χ1v) is 9.01. The molecule has 0 unspecified atom stereocenters. The molecule has 0 aromatic carbocycles. The Labute approximate surface area is 126 Å². The smallest absolute Gasteiger partial charge is 0.234 e. The van der Waals surface area contributed by atoms with Crippen LogP contribution < -0.4 is 10.6 Å². The van der Waals surface area contributed by atoms with E-state index >= 15 is 0 Å². The van der Waals surface area contributed by atoms with Gasteiger partial charge in [0.1, 0.15) is 0 Å². The molecule has 8 heteroatoms. The number of rotatable bonds is 7. The number of carbonyl (C=O) groups excluding carboxylic acids is 2. The summed E-state index contributed by atoms with van der Waals surface area (Å²) in [6, 6.07) is -0.187. The highest BCUT2D eigenvalue weighted by Crippen LogP contribution is 2.10. The maximum absolute atomic E-state index is 11.8. The van der Waals surface area contributed by atoms with Gasteiger partial charge in [-0.2, -0.15) is 0 Å². The number of carbonyl (C=O) groups is 2. The van der Waals surface area contributed by atoms with Gasteiger partial charge in [0.2, 0.25) is 11.8 Å². The molecule has 1 aliphatic heterocycles. The molecule has 1 heterocycles. The molecule has 122 valence electrons. The number of nitrogens with one attached hydrogen (secondary N) is 2. The van der Waals surface area contributed by atoms with Gasteiger partial charge in [0, 0.05) is 12.1 Å². The summed E-state index contributed by atoms with van der Waals surface area (Å²) in [6.07, 6.45) is 1.32. The van der Waals surface area contributed by atoms with E-state index in [-0.39, 0.29) is 48.5 Å². The van der Waals surface area contributed by atoms with Gasteiger partial charge in [0.15, 0.2) is 9.84 Å². The second-order valence-electron chi connectivity index (χ2n) is 5.72. The van der Waals surface area contributed by atoms with Crippen molar-refractivity contribution in [2.45, 2.75) is 38.8 Å². The molecule has 1 aliphatic rings. The third-order valence-electron chi connectivity index (χ3n) is 3.44. The van der Waals surface area contributed by atoms with Crippen LogP contribution in [-0.2, 0) is 19.4 Å². The molecule has 1 saturated heterocycles. The van der Waals surface area contributed by atoms with Crippen LogP contribution in [0.4, 0.5) is 0 Å². The van der Waals surface area contributed by atoms with E-state index in [2.05, 4.69) is 10.6 Å². The normalized spacial score (nSPS) is 22.0. The molecule has 2 atom stereocenters. The molecule has 2 N–H and O–H groups in total.